The van der Waals surface area contributed by atoms with Crippen LogP contribution in [-0.4, -0.2) is 45.3 Å². The van der Waals surface area contributed by atoms with Crippen molar-refractivity contribution >= 4 is 0 Å². The fourth-order valence-electron chi connectivity index (χ4n) is 0.112. The number of aliphatic hydroxyl groups is 4. The first kappa shape index (κ1) is 14.4. The molecule has 0 fully saturated rings. The Morgan fingerprint density at radius 3 is 1.67 bits per heavy atom. The third-order valence-corrected chi connectivity index (χ3v) is 1.37. The first-order chi connectivity index (χ1) is 5.39. The second kappa shape index (κ2) is 7.49. The van der Waals surface area contributed by atoms with Crippen molar-refractivity contribution in [2.45, 2.75) is 38.9 Å². The number of rotatable bonds is 3. The fourth-order valence-corrected chi connectivity index (χ4v) is 0.112. The molecule has 0 aliphatic carbocycles. The van der Waals surface area contributed by atoms with Gasteiger partial charge >= 0.3 is 0 Å². The number of hydrogen-bond donors (Lipinski definition) is 4. The average molecular weight is 180 g/mol. The van der Waals surface area contributed by atoms with Crippen LogP contribution in [0.1, 0.15) is 27.2 Å². The van der Waals surface area contributed by atoms with Gasteiger partial charge in [-0.3, -0.25) is 0 Å². The summed E-state index contributed by atoms with van der Waals surface area (Å²) in [5.41, 5.74) is -0.861. The van der Waals surface area contributed by atoms with Gasteiger partial charge < -0.3 is 20.4 Å². The molecule has 0 bridgehead atoms. The van der Waals surface area contributed by atoms with E-state index in [9.17, 15) is 0 Å². The van der Waals surface area contributed by atoms with E-state index in [0.717, 1.165) is 0 Å². The van der Waals surface area contributed by atoms with Crippen molar-refractivity contribution < 1.29 is 20.4 Å². The maximum Gasteiger partial charge on any atom is 0.0846 e. The second-order valence-corrected chi connectivity index (χ2v) is 3.04. The third kappa shape index (κ3) is 12.5. The van der Waals surface area contributed by atoms with E-state index in [0.29, 0.717) is 6.42 Å². The van der Waals surface area contributed by atoms with Crippen LogP contribution in [0.25, 0.3) is 0 Å². The highest BCUT2D eigenvalue weighted by Crippen LogP contribution is 2.04. The van der Waals surface area contributed by atoms with Crippen LogP contribution in [0.15, 0.2) is 0 Å². The van der Waals surface area contributed by atoms with Crippen molar-refractivity contribution in [3.63, 3.8) is 0 Å². The van der Waals surface area contributed by atoms with Gasteiger partial charge in [-0.05, 0) is 20.3 Å². The van der Waals surface area contributed by atoms with Gasteiger partial charge in [0.1, 0.15) is 0 Å². The van der Waals surface area contributed by atoms with Crippen molar-refractivity contribution in [2.24, 2.45) is 0 Å². The Morgan fingerprint density at radius 2 is 1.67 bits per heavy atom. The fraction of sp³-hybridized carbons (Fsp3) is 1.00. The van der Waals surface area contributed by atoms with Gasteiger partial charge in [0.15, 0.2) is 0 Å². The lowest BCUT2D eigenvalue weighted by atomic mass is 10.1. The highest BCUT2D eigenvalue weighted by molar-refractivity contribution is 4.66. The Hall–Kier alpha value is -0.160. The average Bonchev–Trinajstić information content (AvgIpc) is 2.05. The van der Waals surface area contributed by atoms with Crippen molar-refractivity contribution in [3.8, 4) is 0 Å². The lowest BCUT2D eigenvalue weighted by Gasteiger charge is -2.16. The van der Waals surface area contributed by atoms with Gasteiger partial charge in [-0.15, -0.1) is 0 Å². The topological polar surface area (TPSA) is 80.9 Å². The monoisotopic (exact) mass is 180 g/mol. The van der Waals surface area contributed by atoms with Crippen LogP contribution in [0.2, 0.25) is 0 Å². The summed E-state index contributed by atoms with van der Waals surface area (Å²) >= 11 is 0. The first-order valence-corrected chi connectivity index (χ1v) is 4.01. The molecule has 0 saturated heterocycles. The van der Waals surface area contributed by atoms with E-state index in [1.54, 1.807) is 6.92 Å². The Balaban J connectivity index is 0. The molecule has 4 N–H and O–H groups in total. The Bertz CT molecular complexity index is 85.1. The van der Waals surface area contributed by atoms with Crippen molar-refractivity contribution in [1.29, 1.82) is 0 Å². The Kier molecular flexibility index (Phi) is 8.97. The zero-order valence-electron chi connectivity index (χ0n) is 7.99. The molecule has 4 nitrogen and oxygen atoms in total. The smallest absolute Gasteiger partial charge is 0.0846 e. The number of aliphatic hydroxyl groups excluding tert-OH is 3. The summed E-state index contributed by atoms with van der Waals surface area (Å²) < 4.78 is 0. The minimum Gasteiger partial charge on any atom is -0.394 e. The molecule has 2 atom stereocenters. The molecule has 0 rings (SSSR count). The van der Waals surface area contributed by atoms with Gasteiger partial charge in [-0.25, -0.2) is 0 Å². The van der Waals surface area contributed by atoms with E-state index in [1.165, 1.54) is 6.92 Å². The maximum absolute atomic E-state index is 8.88. The maximum atomic E-state index is 8.88. The molecule has 0 aliphatic rings. The highest BCUT2D eigenvalue weighted by atomic mass is 16.3. The molecule has 76 valence electrons. The Morgan fingerprint density at radius 1 is 1.33 bits per heavy atom. The van der Waals surface area contributed by atoms with E-state index in [4.69, 9.17) is 20.4 Å². The van der Waals surface area contributed by atoms with Crippen molar-refractivity contribution in [3.05, 3.63) is 0 Å². The van der Waals surface area contributed by atoms with Crippen molar-refractivity contribution in [2.75, 3.05) is 13.2 Å². The lowest BCUT2D eigenvalue weighted by Crippen LogP contribution is -2.27. The van der Waals surface area contributed by atoms with Crippen LogP contribution >= 0.6 is 0 Å². The largest absolute Gasteiger partial charge is 0.394 e. The predicted octanol–water partition coefficient (Wildman–Crippen LogP) is -0.501. The van der Waals surface area contributed by atoms with E-state index >= 15 is 0 Å². The van der Waals surface area contributed by atoms with Gasteiger partial charge in [0.25, 0.3) is 0 Å². The minimum atomic E-state index is -0.861. The predicted molar refractivity (Wildman–Crippen MR) is 46.8 cm³/mol. The third-order valence-electron chi connectivity index (χ3n) is 1.37. The van der Waals surface area contributed by atoms with Crippen LogP contribution in [0, 0.1) is 0 Å². The van der Waals surface area contributed by atoms with E-state index < -0.39 is 11.7 Å². The molecular formula is C8H20O4. The Labute approximate surface area is 73.5 Å². The van der Waals surface area contributed by atoms with Crippen LogP contribution in [0.5, 0.6) is 0 Å². The van der Waals surface area contributed by atoms with E-state index in [-0.39, 0.29) is 13.2 Å². The summed E-state index contributed by atoms with van der Waals surface area (Å²) in [5.74, 6) is 0. The zero-order chi connectivity index (χ0) is 10.2. The molecule has 12 heavy (non-hydrogen) atoms. The molecule has 2 unspecified atom stereocenters. The van der Waals surface area contributed by atoms with Crippen LogP contribution < -0.4 is 0 Å². The molecular weight excluding hydrogens is 160 g/mol. The molecule has 0 aliphatic heterocycles. The van der Waals surface area contributed by atoms with Crippen LogP contribution in [0.4, 0.5) is 0 Å². The zero-order valence-corrected chi connectivity index (χ0v) is 7.99. The normalized spacial score (nSPS) is 17.2. The molecule has 0 radical (unpaired) electrons. The minimum absolute atomic E-state index is 0.139. The standard InChI is InChI=1S/C5H12O2.C3H8O2/c1-3-5(2,7)4-6;1-3(5)2-4/h6-7H,3-4H2,1-2H3;3-5H,2H2,1H3. The molecule has 0 saturated carbocycles. The van der Waals surface area contributed by atoms with Gasteiger partial charge in [-0.2, -0.15) is 0 Å². The number of hydrogen-bond acceptors (Lipinski definition) is 4. The SMILES string of the molecule is CC(O)CO.CCC(C)(O)CO. The summed E-state index contributed by atoms with van der Waals surface area (Å²) in [4.78, 5) is 0. The summed E-state index contributed by atoms with van der Waals surface area (Å²) in [5, 5.41) is 33.2. The van der Waals surface area contributed by atoms with Gasteiger partial charge in [0.05, 0.1) is 24.9 Å². The van der Waals surface area contributed by atoms with E-state index in [2.05, 4.69) is 0 Å². The quantitative estimate of drug-likeness (QED) is 0.472. The molecule has 0 aromatic rings. The lowest BCUT2D eigenvalue weighted by molar-refractivity contribution is -0.00107. The van der Waals surface area contributed by atoms with Gasteiger partial charge in [0, 0.05) is 0 Å². The highest BCUT2D eigenvalue weighted by Gasteiger charge is 2.13. The summed E-state index contributed by atoms with van der Waals surface area (Å²) in [6, 6.07) is 0. The van der Waals surface area contributed by atoms with E-state index in [1.807, 2.05) is 6.92 Å². The van der Waals surface area contributed by atoms with Crippen molar-refractivity contribution in [1.82, 2.24) is 0 Å². The molecule has 0 aromatic heterocycles. The van der Waals surface area contributed by atoms with Crippen LogP contribution in [0.3, 0.4) is 0 Å². The first-order valence-electron chi connectivity index (χ1n) is 4.01. The molecule has 0 amide bonds. The second-order valence-electron chi connectivity index (χ2n) is 3.04. The summed E-state index contributed by atoms with van der Waals surface area (Å²) in [6.45, 7) is 4.67. The summed E-state index contributed by atoms with van der Waals surface area (Å²) in [6.07, 6.45) is 0.0405. The van der Waals surface area contributed by atoms with Gasteiger partial charge in [-0.1, -0.05) is 6.92 Å². The molecule has 0 spiro atoms. The molecule has 0 heterocycles. The molecule has 0 aromatic carbocycles. The molecule has 4 heteroatoms. The van der Waals surface area contributed by atoms with Crippen LogP contribution in [-0.2, 0) is 0 Å². The summed E-state index contributed by atoms with van der Waals surface area (Å²) in [7, 11) is 0. The van der Waals surface area contributed by atoms with Gasteiger partial charge in [0.2, 0.25) is 0 Å².